The molecule has 0 aliphatic carbocycles. The number of hydrogen-bond acceptors (Lipinski definition) is 5. The minimum Gasteiger partial charge on any atom is -0.378 e. The summed E-state index contributed by atoms with van der Waals surface area (Å²) in [5, 5.41) is 14.8. The first-order chi connectivity index (χ1) is 13.9. The van der Waals surface area contributed by atoms with Crippen molar-refractivity contribution in [2.24, 2.45) is 0 Å². The summed E-state index contributed by atoms with van der Waals surface area (Å²) in [4.78, 5) is 25.5. The van der Waals surface area contributed by atoms with Gasteiger partial charge in [0, 0.05) is 30.8 Å². The Morgan fingerprint density at radius 3 is 2.28 bits per heavy atom. The van der Waals surface area contributed by atoms with Crippen LogP contribution in [-0.4, -0.2) is 42.0 Å². The number of ether oxygens (including phenoxy) is 1. The third-order valence-electron chi connectivity index (χ3n) is 5.21. The van der Waals surface area contributed by atoms with Gasteiger partial charge in [-0.15, -0.1) is 0 Å². The number of hydrogen-bond donors (Lipinski definition) is 1. The zero-order chi connectivity index (χ0) is 21.0. The number of amides is 1. The Hall–Kier alpha value is -2.93. The summed E-state index contributed by atoms with van der Waals surface area (Å²) in [5.41, 5.74) is 2.90. The number of carbonyl (C=O) groups excluding carboxylic acids is 1. The highest BCUT2D eigenvalue weighted by atomic mass is 16.6. The van der Waals surface area contributed by atoms with Crippen LogP contribution in [0.15, 0.2) is 42.5 Å². The molecule has 1 aliphatic rings. The molecule has 0 aromatic heterocycles. The second-order valence-corrected chi connectivity index (χ2v) is 7.58. The summed E-state index contributed by atoms with van der Waals surface area (Å²) in [6.45, 7) is 8.20. The molecule has 1 amide bonds. The van der Waals surface area contributed by atoms with Gasteiger partial charge in [-0.25, -0.2) is 0 Å². The third-order valence-corrected chi connectivity index (χ3v) is 5.21. The van der Waals surface area contributed by atoms with Gasteiger partial charge in [0.1, 0.15) is 5.69 Å². The zero-order valence-corrected chi connectivity index (χ0v) is 17.1. The Labute approximate surface area is 170 Å². The average molecular weight is 397 g/mol. The number of nitro benzene ring substituents is 1. The molecule has 2 aromatic rings. The van der Waals surface area contributed by atoms with Gasteiger partial charge in [0.05, 0.1) is 18.1 Å². The molecule has 0 radical (unpaired) electrons. The van der Waals surface area contributed by atoms with Gasteiger partial charge in [0.2, 0.25) is 0 Å². The van der Waals surface area contributed by atoms with Gasteiger partial charge in [-0.3, -0.25) is 14.9 Å². The van der Waals surface area contributed by atoms with Crippen molar-refractivity contribution in [1.82, 2.24) is 4.90 Å². The van der Waals surface area contributed by atoms with E-state index in [4.69, 9.17) is 4.74 Å². The Balaban J connectivity index is 1.79. The third kappa shape index (κ3) is 4.92. The minimum atomic E-state index is -0.451. The lowest BCUT2D eigenvalue weighted by molar-refractivity contribution is -0.384. The van der Waals surface area contributed by atoms with Crippen molar-refractivity contribution in [1.29, 1.82) is 0 Å². The van der Waals surface area contributed by atoms with E-state index in [1.165, 1.54) is 11.6 Å². The van der Waals surface area contributed by atoms with Crippen LogP contribution < -0.4 is 5.32 Å². The highest BCUT2D eigenvalue weighted by Crippen LogP contribution is 2.30. The number of nitrogens with zero attached hydrogens (tertiary/aromatic N) is 2. The van der Waals surface area contributed by atoms with E-state index in [1.54, 1.807) is 17.0 Å². The molecule has 1 saturated heterocycles. The fraction of sp³-hybridized carbons (Fsp3) is 0.409. The minimum absolute atomic E-state index is 0.102. The molecule has 3 rings (SSSR count). The Bertz CT molecular complexity index is 874. The predicted octanol–water partition coefficient (Wildman–Crippen LogP) is 4.36. The molecule has 7 nitrogen and oxygen atoms in total. The summed E-state index contributed by atoms with van der Waals surface area (Å²) in [7, 11) is 0. The summed E-state index contributed by atoms with van der Waals surface area (Å²) >= 11 is 0. The zero-order valence-electron chi connectivity index (χ0n) is 17.1. The van der Waals surface area contributed by atoms with Crippen LogP contribution >= 0.6 is 0 Å². The number of morpholine rings is 1. The molecular formula is C22H27N3O4. The second kappa shape index (κ2) is 9.05. The molecule has 1 N–H and O–H groups in total. The molecule has 154 valence electrons. The highest BCUT2D eigenvalue weighted by molar-refractivity contribution is 5.95. The first-order valence-electron chi connectivity index (χ1n) is 9.88. The summed E-state index contributed by atoms with van der Waals surface area (Å²) in [5.74, 6) is 0.241. The molecule has 1 aliphatic heterocycles. The summed E-state index contributed by atoms with van der Waals surface area (Å²) in [6, 6.07) is 12.7. The van der Waals surface area contributed by atoms with Crippen LogP contribution in [0.3, 0.4) is 0 Å². The van der Waals surface area contributed by atoms with Gasteiger partial charge >= 0.3 is 0 Å². The standard InChI is InChI=1S/C22H27N3O4/c1-15(2)17-4-6-18(7-5-17)16(3)23-20-9-8-19(14-21(20)25(27)28)22(26)24-10-12-29-13-11-24/h4-9,14-16,23H,10-13H2,1-3H3. The molecular weight excluding hydrogens is 370 g/mol. The summed E-state index contributed by atoms with van der Waals surface area (Å²) < 4.78 is 5.26. The van der Waals surface area contributed by atoms with Crippen LogP contribution in [0.4, 0.5) is 11.4 Å². The highest BCUT2D eigenvalue weighted by Gasteiger charge is 2.23. The molecule has 1 heterocycles. The van der Waals surface area contributed by atoms with Gasteiger partial charge in [0.15, 0.2) is 0 Å². The molecule has 29 heavy (non-hydrogen) atoms. The van der Waals surface area contributed by atoms with Gasteiger partial charge in [-0.1, -0.05) is 38.1 Å². The van der Waals surface area contributed by atoms with Crippen molar-refractivity contribution in [2.45, 2.75) is 32.7 Å². The van der Waals surface area contributed by atoms with Crippen molar-refractivity contribution in [2.75, 3.05) is 31.6 Å². The molecule has 0 saturated carbocycles. The van der Waals surface area contributed by atoms with E-state index < -0.39 is 4.92 Å². The largest absolute Gasteiger partial charge is 0.378 e. The molecule has 2 aromatic carbocycles. The van der Waals surface area contributed by atoms with Crippen molar-refractivity contribution in [3.8, 4) is 0 Å². The average Bonchev–Trinajstić information content (AvgIpc) is 2.74. The van der Waals surface area contributed by atoms with Crippen LogP contribution in [0.2, 0.25) is 0 Å². The van der Waals surface area contributed by atoms with Crippen LogP contribution in [0.25, 0.3) is 0 Å². The smallest absolute Gasteiger partial charge is 0.293 e. The maximum Gasteiger partial charge on any atom is 0.293 e. The quantitative estimate of drug-likeness (QED) is 0.578. The van der Waals surface area contributed by atoms with E-state index in [0.717, 1.165) is 5.56 Å². The second-order valence-electron chi connectivity index (χ2n) is 7.58. The fourth-order valence-electron chi connectivity index (χ4n) is 3.37. The molecule has 1 atom stereocenters. The van der Waals surface area contributed by atoms with E-state index in [0.29, 0.717) is 43.5 Å². The number of nitro groups is 1. The lowest BCUT2D eigenvalue weighted by Crippen LogP contribution is -2.40. The van der Waals surface area contributed by atoms with Crippen LogP contribution in [0, 0.1) is 10.1 Å². The van der Waals surface area contributed by atoms with Crippen molar-refractivity contribution in [3.05, 3.63) is 69.3 Å². The number of carbonyl (C=O) groups is 1. The van der Waals surface area contributed by atoms with Gasteiger partial charge in [0.25, 0.3) is 11.6 Å². The van der Waals surface area contributed by atoms with Gasteiger partial charge in [-0.2, -0.15) is 0 Å². The van der Waals surface area contributed by atoms with E-state index >= 15 is 0 Å². The number of nitrogens with one attached hydrogen (secondary N) is 1. The molecule has 7 heteroatoms. The maximum atomic E-state index is 12.6. The normalized spacial score (nSPS) is 15.2. The van der Waals surface area contributed by atoms with E-state index in [2.05, 4.69) is 31.3 Å². The Morgan fingerprint density at radius 2 is 1.69 bits per heavy atom. The van der Waals surface area contributed by atoms with Crippen molar-refractivity contribution < 1.29 is 14.5 Å². The van der Waals surface area contributed by atoms with Gasteiger partial charge in [-0.05, 0) is 36.1 Å². The molecule has 0 spiro atoms. The van der Waals surface area contributed by atoms with E-state index in [1.807, 2.05) is 19.1 Å². The van der Waals surface area contributed by atoms with Crippen LogP contribution in [-0.2, 0) is 4.74 Å². The SMILES string of the molecule is CC(C)c1ccc(C(C)Nc2ccc(C(=O)N3CCOCC3)cc2[N+](=O)[O-])cc1. The van der Waals surface area contributed by atoms with E-state index in [-0.39, 0.29) is 17.6 Å². The van der Waals surface area contributed by atoms with Gasteiger partial charge < -0.3 is 15.0 Å². The topological polar surface area (TPSA) is 84.7 Å². The predicted molar refractivity (Wildman–Crippen MR) is 112 cm³/mol. The lowest BCUT2D eigenvalue weighted by atomic mass is 9.99. The Morgan fingerprint density at radius 1 is 1.07 bits per heavy atom. The van der Waals surface area contributed by atoms with Crippen LogP contribution in [0.5, 0.6) is 0 Å². The number of anilines is 1. The monoisotopic (exact) mass is 397 g/mol. The first kappa shape index (κ1) is 20.8. The number of rotatable bonds is 6. The molecule has 1 fully saturated rings. The first-order valence-corrected chi connectivity index (χ1v) is 9.88. The number of benzene rings is 2. The molecule has 0 bridgehead atoms. The Kier molecular flexibility index (Phi) is 6.49. The van der Waals surface area contributed by atoms with Crippen molar-refractivity contribution >= 4 is 17.3 Å². The summed E-state index contributed by atoms with van der Waals surface area (Å²) in [6.07, 6.45) is 0. The van der Waals surface area contributed by atoms with E-state index in [9.17, 15) is 14.9 Å². The maximum absolute atomic E-state index is 12.6. The molecule has 1 unspecified atom stereocenters. The fourth-order valence-corrected chi connectivity index (χ4v) is 3.37. The van der Waals surface area contributed by atoms with Crippen LogP contribution in [0.1, 0.15) is 54.2 Å². The van der Waals surface area contributed by atoms with Crippen molar-refractivity contribution in [3.63, 3.8) is 0 Å². The lowest BCUT2D eigenvalue weighted by Gasteiger charge is -2.27.